The summed E-state index contributed by atoms with van der Waals surface area (Å²) in [4.78, 5) is 22.1. The average molecular weight is 266 g/mol. The maximum atomic E-state index is 11.8. The molecule has 6 heteroatoms. The van der Waals surface area contributed by atoms with Crippen LogP contribution >= 0.6 is 0 Å². The molecule has 0 aliphatic rings. The Morgan fingerprint density at radius 2 is 2.11 bits per heavy atom. The highest BCUT2D eigenvalue weighted by Gasteiger charge is 2.21. The molecule has 19 heavy (non-hydrogen) atoms. The van der Waals surface area contributed by atoms with Gasteiger partial charge < -0.3 is 10.5 Å². The average Bonchev–Trinajstić information content (AvgIpc) is 2.30. The standard InChI is InChI=1S/C13H18N2O4/c1-8(2)4-5-19-13(16)10-6-9(3)7-11(12(10)14)15(17)18/h6-8H,4-5,14H2,1-3H3. The first-order valence-corrected chi connectivity index (χ1v) is 6.04. The van der Waals surface area contributed by atoms with E-state index in [1.807, 2.05) is 13.8 Å². The fourth-order valence-corrected chi connectivity index (χ4v) is 1.56. The Bertz CT molecular complexity index is 498. The van der Waals surface area contributed by atoms with Gasteiger partial charge in [0.25, 0.3) is 5.69 Å². The number of nitro groups is 1. The smallest absolute Gasteiger partial charge is 0.340 e. The quantitative estimate of drug-likeness (QED) is 0.382. The number of hydrogen-bond donors (Lipinski definition) is 1. The molecule has 0 amide bonds. The molecule has 0 aliphatic heterocycles. The predicted octanol–water partition coefficient (Wildman–Crippen LogP) is 2.69. The highest BCUT2D eigenvalue weighted by Crippen LogP contribution is 2.27. The summed E-state index contributed by atoms with van der Waals surface area (Å²) < 4.78 is 5.07. The van der Waals surface area contributed by atoms with Gasteiger partial charge in [0.05, 0.1) is 17.1 Å². The number of nitrogens with two attached hydrogens (primary N) is 1. The molecular formula is C13H18N2O4. The molecule has 0 bridgehead atoms. The Labute approximate surface area is 111 Å². The monoisotopic (exact) mass is 266 g/mol. The topological polar surface area (TPSA) is 95.5 Å². The van der Waals surface area contributed by atoms with Crippen LogP contribution in [0.15, 0.2) is 12.1 Å². The van der Waals surface area contributed by atoms with Gasteiger partial charge in [-0.2, -0.15) is 0 Å². The zero-order chi connectivity index (χ0) is 14.6. The fraction of sp³-hybridized carbons (Fsp3) is 0.462. The van der Waals surface area contributed by atoms with Crippen molar-refractivity contribution < 1.29 is 14.5 Å². The first-order valence-electron chi connectivity index (χ1n) is 6.04. The number of hydrogen-bond acceptors (Lipinski definition) is 5. The van der Waals surface area contributed by atoms with E-state index >= 15 is 0 Å². The van der Waals surface area contributed by atoms with Gasteiger partial charge in [-0.25, -0.2) is 4.79 Å². The van der Waals surface area contributed by atoms with E-state index in [0.717, 1.165) is 6.42 Å². The van der Waals surface area contributed by atoms with E-state index in [1.54, 1.807) is 6.92 Å². The molecule has 2 N–H and O–H groups in total. The molecule has 0 heterocycles. The van der Waals surface area contributed by atoms with Crippen LogP contribution in [0.25, 0.3) is 0 Å². The number of ether oxygens (including phenoxy) is 1. The van der Waals surface area contributed by atoms with Gasteiger partial charge in [0.1, 0.15) is 5.69 Å². The first kappa shape index (κ1) is 14.9. The van der Waals surface area contributed by atoms with Crippen LogP contribution in [0.2, 0.25) is 0 Å². The fourth-order valence-electron chi connectivity index (χ4n) is 1.56. The molecule has 0 aliphatic carbocycles. The van der Waals surface area contributed by atoms with Crippen molar-refractivity contribution >= 4 is 17.3 Å². The Morgan fingerprint density at radius 3 is 2.63 bits per heavy atom. The Hall–Kier alpha value is -2.11. The van der Waals surface area contributed by atoms with E-state index in [0.29, 0.717) is 11.5 Å². The molecule has 104 valence electrons. The van der Waals surface area contributed by atoms with Crippen LogP contribution in [0.4, 0.5) is 11.4 Å². The van der Waals surface area contributed by atoms with E-state index in [2.05, 4.69) is 0 Å². The van der Waals surface area contributed by atoms with E-state index in [1.165, 1.54) is 12.1 Å². The molecule has 0 fully saturated rings. The Balaban J connectivity index is 2.94. The highest BCUT2D eigenvalue weighted by molar-refractivity contribution is 5.97. The first-order chi connectivity index (χ1) is 8.82. The van der Waals surface area contributed by atoms with Gasteiger partial charge >= 0.3 is 5.97 Å². The summed E-state index contributed by atoms with van der Waals surface area (Å²) in [7, 11) is 0. The third kappa shape index (κ3) is 3.94. The van der Waals surface area contributed by atoms with E-state index in [4.69, 9.17) is 10.5 Å². The van der Waals surface area contributed by atoms with Crippen LogP contribution in [-0.4, -0.2) is 17.5 Å². The lowest BCUT2D eigenvalue weighted by Crippen LogP contribution is -2.12. The van der Waals surface area contributed by atoms with Crippen molar-refractivity contribution in [2.45, 2.75) is 27.2 Å². The third-order valence-electron chi connectivity index (χ3n) is 2.65. The summed E-state index contributed by atoms with van der Waals surface area (Å²) in [5.74, 6) is -0.207. The SMILES string of the molecule is Cc1cc(C(=O)OCCC(C)C)c(N)c([N+](=O)[O-])c1. The molecule has 0 aromatic heterocycles. The predicted molar refractivity (Wildman–Crippen MR) is 72.0 cm³/mol. The number of rotatable bonds is 5. The second-order valence-corrected chi connectivity index (χ2v) is 4.82. The molecule has 1 aromatic carbocycles. The van der Waals surface area contributed by atoms with Crippen LogP contribution in [0.1, 0.15) is 36.2 Å². The summed E-state index contributed by atoms with van der Waals surface area (Å²) in [5.41, 5.74) is 5.87. The van der Waals surface area contributed by atoms with Crippen LogP contribution in [0.3, 0.4) is 0 Å². The number of carbonyl (C=O) groups is 1. The minimum absolute atomic E-state index is 0.0513. The van der Waals surface area contributed by atoms with Gasteiger partial charge in [-0.05, 0) is 30.9 Å². The van der Waals surface area contributed by atoms with Crippen LogP contribution in [0.5, 0.6) is 0 Å². The van der Waals surface area contributed by atoms with Gasteiger partial charge in [0, 0.05) is 6.07 Å². The molecule has 0 saturated carbocycles. The highest BCUT2D eigenvalue weighted by atomic mass is 16.6. The second-order valence-electron chi connectivity index (χ2n) is 4.82. The number of nitro benzene ring substituents is 1. The zero-order valence-electron chi connectivity index (χ0n) is 11.3. The van der Waals surface area contributed by atoms with Gasteiger partial charge in [-0.15, -0.1) is 0 Å². The number of aryl methyl sites for hydroxylation is 1. The summed E-state index contributed by atoms with van der Waals surface area (Å²) in [6.07, 6.45) is 0.736. The van der Waals surface area contributed by atoms with Gasteiger partial charge in [0.2, 0.25) is 0 Å². The van der Waals surface area contributed by atoms with Gasteiger partial charge in [-0.1, -0.05) is 13.8 Å². The lowest BCUT2D eigenvalue weighted by atomic mass is 10.1. The van der Waals surface area contributed by atoms with Crippen molar-refractivity contribution in [3.63, 3.8) is 0 Å². The molecule has 0 atom stereocenters. The number of benzene rings is 1. The molecule has 1 rings (SSSR count). The van der Waals surface area contributed by atoms with Crippen LogP contribution in [-0.2, 0) is 4.74 Å². The summed E-state index contributed by atoms with van der Waals surface area (Å²) in [5, 5.41) is 10.8. The van der Waals surface area contributed by atoms with Gasteiger partial charge in [-0.3, -0.25) is 10.1 Å². The van der Waals surface area contributed by atoms with Crippen LogP contribution < -0.4 is 5.73 Å². The maximum absolute atomic E-state index is 11.8. The third-order valence-corrected chi connectivity index (χ3v) is 2.65. The van der Waals surface area contributed by atoms with Crippen molar-refractivity contribution in [1.82, 2.24) is 0 Å². The van der Waals surface area contributed by atoms with Crippen molar-refractivity contribution in [3.8, 4) is 0 Å². The minimum Gasteiger partial charge on any atom is -0.462 e. The maximum Gasteiger partial charge on any atom is 0.340 e. The lowest BCUT2D eigenvalue weighted by molar-refractivity contribution is -0.384. The normalized spacial score (nSPS) is 10.5. The minimum atomic E-state index is -0.620. The van der Waals surface area contributed by atoms with E-state index < -0.39 is 10.9 Å². The number of anilines is 1. The Kier molecular flexibility index (Phi) is 4.86. The number of esters is 1. The molecule has 0 saturated heterocycles. The van der Waals surface area contributed by atoms with E-state index in [9.17, 15) is 14.9 Å². The zero-order valence-corrected chi connectivity index (χ0v) is 11.3. The number of carbonyl (C=O) groups excluding carboxylic acids is 1. The molecule has 0 spiro atoms. The van der Waals surface area contributed by atoms with E-state index in [-0.39, 0.29) is 23.5 Å². The molecule has 0 unspecified atom stereocenters. The van der Waals surface area contributed by atoms with Crippen molar-refractivity contribution in [3.05, 3.63) is 33.4 Å². The summed E-state index contributed by atoms with van der Waals surface area (Å²) >= 11 is 0. The number of nitrogen functional groups attached to an aromatic ring is 1. The molecular weight excluding hydrogens is 248 g/mol. The van der Waals surface area contributed by atoms with Crippen molar-refractivity contribution in [2.24, 2.45) is 5.92 Å². The number of nitrogens with zero attached hydrogens (tertiary/aromatic N) is 1. The molecule has 0 radical (unpaired) electrons. The Morgan fingerprint density at radius 1 is 1.47 bits per heavy atom. The van der Waals surface area contributed by atoms with Crippen molar-refractivity contribution in [1.29, 1.82) is 0 Å². The molecule has 1 aromatic rings. The van der Waals surface area contributed by atoms with Gasteiger partial charge in [0.15, 0.2) is 0 Å². The molecule has 6 nitrogen and oxygen atoms in total. The second kappa shape index (κ2) is 6.17. The lowest BCUT2D eigenvalue weighted by Gasteiger charge is -2.09. The summed E-state index contributed by atoms with van der Waals surface area (Å²) in [6, 6.07) is 2.83. The summed E-state index contributed by atoms with van der Waals surface area (Å²) in [6.45, 7) is 5.97. The van der Waals surface area contributed by atoms with Crippen molar-refractivity contribution in [2.75, 3.05) is 12.3 Å². The largest absolute Gasteiger partial charge is 0.462 e. The van der Waals surface area contributed by atoms with Crippen LogP contribution in [0, 0.1) is 23.0 Å².